The number of sulfonamides is 1. The van der Waals surface area contributed by atoms with Crippen LogP contribution in [0.4, 0.5) is 4.79 Å². The van der Waals surface area contributed by atoms with E-state index in [0.717, 1.165) is 11.8 Å². The van der Waals surface area contributed by atoms with Gasteiger partial charge >= 0.3 is 6.16 Å². The Morgan fingerprint density at radius 2 is 1.52 bits per heavy atom. The van der Waals surface area contributed by atoms with Crippen molar-refractivity contribution in [3.05, 3.63) is 77.5 Å². The van der Waals surface area contributed by atoms with Gasteiger partial charge in [0, 0.05) is 24.4 Å². The number of hydrogen-bond acceptors (Lipinski definition) is 10. The molecule has 0 fully saturated rings. The van der Waals surface area contributed by atoms with Crippen molar-refractivity contribution in [1.29, 1.82) is 0 Å². The molecular weight excluding hydrogens is 566 g/mol. The van der Waals surface area contributed by atoms with Gasteiger partial charge in [-0.05, 0) is 67.3 Å². The third-order valence-corrected chi connectivity index (χ3v) is 7.51. The maximum Gasteiger partial charge on any atom is 0.515 e. The van der Waals surface area contributed by atoms with E-state index in [1.54, 1.807) is 20.3 Å². The zero-order valence-corrected chi connectivity index (χ0v) is 24.5. The Labute approximate surface area is 244 Å². The summed E-state index contributed by atoms with van der Waals surface area (Å²) in [7, 11) is -1.16. The third-order valence-electron chi connectivity index (χ3n) is 6.16. The highest BCUT2D eigenvalue weighted by atomic mass is 32.2. The van der Waals surface area contributed by atoms with Gasteiger partial charge in [-0.15, -0.1) is 0 Å². The van der Waals surface area contributed by atoms with E-state index in [0.29, 0.717) is 37.3 Å². The number of aromatic nitrogens is 1. The van der Waals surface area contributed by atoms with Crippen LogP contribution in [0.25, 0.3) is 0 Å². The average molecular weight is 600 g/mol. The second-order valence-corrected chi connectivity index (χ2v) is 10.6. The molecule has 0 aliphatic carbocycles. The summed E-state index contributed by atoms with van der Waals surface area (Å²) >= 11 is 0. The van der Waals surface area contributed by atoms with Crippen LogP contribution in [0.5, 0.6) is 17.4 Å². The normalized spacial score (nSPS) is 11.0. The fourth-order valence-corrected chi connectivity index (χ4v) is 4.73. The first-order valence-electron chi connectivity index (χ1n) is 13.1. The van der Waals surface area contributed by atoms with Gasteiger partial charge in [0.2, 0.25) is 5.88 Å². The molecule has 13 heteroatoms. The zero-order chi connectivity index (χ0) is 30.7. The van der Waals surface area contributed by atoms with Crippen molar-refractivity contribution in [3.8, 4) is 17.4 Å². The van der Waals surface area contributed by atoms with Crippen LogP contribution in [-0.2, 0) is 21.2 Å². The van der Waals surface area contributed by atoms with Crippen molar-refractivity contribution in [2.24, 2.45) is 0 Å². The molecule has 3 rings (SSSR count). The van der Waals surface area contributed by atoms with Crippen LogP contribution in [0.2, 0.25) is 0 Å². The molecule has 224 valence electrons. The monoisotopic (exact) mass is 599 g/mol. The minimum Gasteiger partial charge on any atom is -0.493 e. The molecule has 0 bridgehead atoms. The number of carbonyl (C=O) groups is 3. The predicted molar refractivity (Wildman–Crippen MR) is 152 cm³/mol. The molecule has 0 saturated carbocycles. The lowest BCUT2D eigenvalue weighted by Gasteiger charge is -2.13. The molecule has 1 heterocycles. The van der Waals surface area contributed by atoms with Crippen molar-refractivity contribution in [1.82, 2.24) is 15.0 Å². The van der Waals surface area contributed by atoms with Gasteiger partial charge in [0.25, 0.3) is 21.8 Å². The van der Waals surface area contributed by atoms with Crippen LogP contribution in [0.1, 0.15) is 53.0 Å². The molecule has 2 aromatic carbocycles. The summed E-state index contributed by atoms with van der Waals surface area (Å²) < 4.78 is 48.0. The minimum atomic E-state index is -4.25. The van der Waals surface area contributed by atoms with E-state index in [1.807, 2.05) is 30.7 Å². The third kappa shape index (κ3) is 8.67. The first-order valence-corrected chi connectivity index (χ1v) is 14.6. The largest absolute Gasteiger partial charge is 0.515 e. The highest BCUT2D eigenvalue weighted by molar-refractivity contribution is 7.90. The van der Waals surface area contributed by atoms with Crippen LogP contribution in [-0.4, -0.2) is 58.2 Å². The molecule has 0 unspecified atom stereocenters. The van der Waals surface area contributed by atoms with Gasteiger partial charge in [0.05, 0.1) is 24.7 Å². The molecule has 0 aliphatic rings. The summed E-state index contributed by atoms with van der Waals surface area (Å²) in [4.78, 5) is 40.6. The van der Waals surface area contributed by atoms with Crippen molar-refractivity contribution >= 4 is 28.0 Å². The van der Waals surface area contributed by atoms with Crippen LogP contribution in [0.3, 0.4) is 0 Å². The van der Waals surface area contributed by atoms with Crippen molar-refractivity contribution in [3.63, 3.8) is 0 Å². The number of carbonyl (C=O) groups excluding carboxylic acids is 3. The second-order valence-electron chi connectivity index (χ2n) is 8.95. The van der Waals surface area contributed by atoms with Gasteiger partial charge in [-0.3, -0.25) is 9.59 Å². The molecule has 0 radical (unpaired) electrons. The Morgan fingerprint density at radius 1 is 0.857 bits per heavy atom. The van der Waals surface area contributed by atoms with Gasteiger partial charge < -0.3 is 24.3 Å². The number of ether oxygens (including phenoxy) is 4. The molecule has 0 saturated heterocycles. The number of pyridine rings is 1. The van der Waals surface area contributed by atoms with Crippen LogP contribution in [0.15, 0.2) is 65.7 Å². The smallest absolute Gasteiger partial charge is 0.493 e. The van der Waals surface area contributed by atoms with Gasteiger partial charge in [-0.25, -0.2) is 22.9 Å². The lowest BCUT2D eigenvalue weighted by Crippen LogP contribution is -2.31. The summed E-state index contributed by atoms with van der Waals surface area (Å²) in [5, 5.41) is 2.78. The van der Waals surface area contributed by atoms with Crippen LogP contribution in [0, 0.1) is 0 Å². The molecule has 0 aliphatic heterocycles. The SMILES string of the molecule is CCC(CC)OC(=O)Oc1ccc(C(=O)NS(=O)(=O)c2ccc(C(=O)NCCc3ccc(OC)c(OC)c3)cc2)cn1. The van der Waals surface area contributed by atoms with Crippen molar-refractivity contribution in [2.75, 3.05) is 20.8 Å². The summed E-state index contributed by atoms with van der Waals surface area (Å²) in [6, 6.07) is 13.1. The number of methoxy groups -OCH3 is 2. The van der Waals surface area contributed by atoms with E-state index < -0.39 is 22.1 Å². The maximum atomic E-state index is 12.7. The predicted octanol–water partition coefficient (Wildman–Crippen LogP) is 3.89. The van der Waals surface area contributed by atoms with E-state index >= 15 is 0 Å². The molecule has 2 N–H and O–H groups in total. The molecular formula is C29H33N3O9S. The van der Waals surface area contributed by atoms with Gasteiger partial charge in [-0.1, -0.05) is 19.9 Å². The Bertz CT molecular complexity index is 1490. The van der Waals surface area contributed by atoms with Crippen molar-refractivity contribution in [2.45, 2.75) is 44.1 Å². The zero-order valence-electron chi connectivity index (χ0n) is 23.7. The van der Waals surface area contributed by atoms with E-state index in [2.05, 4.69) is 10.3 Å². The number of benzene rings is 2. The lowest BCUT2D eigenvalue weighted by atomic mass is 10.1. The van der Waals surface area contributed by atoms with Gasteiger partial charge in [0.1, 0.15) is 6.10 Å². The van der Waals surface area contributed by atoms with Gasteiger partial charge in [-0.2, -0.15) is 0 Å². The van der Waals surface area contributed by atoms with E-state index in [-0.39, 0.29) is 33.9 Å². The number of hydrogen-bond donors (Lipinski definition) is 2. The minimum absolute atomic E-state index is 0.0789. The fraction of sp³-hybridized carbons (Fsp3) is 0.310. The molecule has 2 amide bonds. The molecule has 1 aromatic heterocycles. The van der Waals surface area contributed by atoms with Gasteiger partial charge in [0.15, 0.2) is 11.5 Å². The average Bonchev–Trinajstić information content (AvgIpc) is 2.99. The first-order chi connectivity index (χ1) is 20.1. The number of nitrogens with zero attached hydrogens (tertiary/aromatic N) is 1. The summed E-state index contributed by atoms with van der Waals surface area (Å²) in [5.41, 5.74) is 1.10. The molecule has 3 aromatic rings. The van der Waals surface area contributed by atoms with E-state index in [1.165, 1.54) is 36.4 Å². The van der Waals surface area contributed by atoms with Crippen molar-refractivity contribution < 1.29 is 41.7 Å². The Hall–Kier alpha value is -4.65. The van der Waals surface area contributed by atoms with E-state index in [4.69, 9.17) is 18.9 Å². The Morgan fingerprint density at radius 3 is 2.12 bits per heavy atom. The Kier molecular flexibility index (Phi) is 11.3. The van der Waals surface area contributed by atoms with E-state index in [9.17, 15) is 22.8 Å². The fourth-order valence-electron chi connectivity index (χ4n) is 3.76. The highest BCUT2D eigenvalue weighted by Crippen LogP contribution is 2.27. The molecule has 0 spiro atoms. The van der Waals surface area contributed by atoms with Crippen LogP contribution >= 0.6 is 0 Å². The number of amides is 2. The molecule has 42 heavy (non-hydrogen) atoms. The Balaban J connectivity index is 1.54. The highest BCUT2D eigenvalue weighted by Gasteiger charge is 2.20. The number of nitrogens with one attached hydrogen (secondary N) is 2. The topological polar surface area (TPSA) is 159 Å². The summed E-state index contributed by atoms with van der Waals surface area (Å²) in [6.07, 6.45) is 1.65. The quantitative estimate of drug-likeness (QED) is 0.276. The molecule has 0 atom stereocenters. The lowest BCUT2D eigenvalue weighted by molar-refractivity contribution is 0.0538. The maximum absolute atomic E-state index is 12.7. The second kappa shape index (κ2) is 14.8. The molecule has 12 nitrogen and oxygen atoms in total. The number of rotatable bonds is 13. The van der Waals surface area contributed by atoms with Crippen LogP contribution < -0.4 is 24.2 Å². The summed E-state index contributed by atoms with van der Waals surface area (Å²) in [5.74, 6) is -0.247. The summed E-state index contributed by atoms with van der Waals surface area (Å²) in [6.45, 7) is 4.08. The first kappa shape index (κ1) is 31.9. The standard InChI is InChI=1S/C29H33N3O9S/c1-5-22(6-2)40-29(35)41-26-14-10-21(18-31-26)28(34)32-42(36,37)23-11-8-20(9-12-23)27(33)30-16-15-19-7-13-24(38-3)25(17-19)39-4/h7-14,17-18,22H,5-6,15-16H2,1-4H3,(H,30,33)(H,32,34).